The van der Waals surface area contributed by atoms with E-state index < -0.39 is 23.4 Å². The van der Waals surface area contributed by atoms with Crippen molar-refractivity contribution in [2.24, 2.45) is 23.7 Å². The van der Waals surface area contributed by atoms with Crippen molar-refractivity contribution < 1.29 is 25.2 Å². The van der Waals surface area contributed by atoms with Gasteiger partial charge in [0.25, 0.3) is 0 Å². The van der Waals surface area contributed by atoms with Crippen molar-refractivity contribution in [3.8, 4) is 5.75 Å². The van der Waals surface area contributed by atoms with Gasteiger partial charge in [-0.1, -0.05) is 74.2 Å². The molecule has 248 valence electrons. The lowest BCUT2D eigenvalue weighted by atomic mass is 9.51. The third-order valence-corrected chi connectivity index (χ3v) is 12.2. The van der Waals surface area contributed by atoms with Crippen LogP contribution in [0.25, 0.3) is 0 Å². The lowest BCUT2D eigenvalue weighted by Crippen LogP contribution is -2.53. The second-order valence-corrected chi connectivity index (χ2v) is 15.0. The highest BCUT2D eigenvalue weighted by molar-refractivity contribution is 5.73. The lowest BCUT2D eigenvalue weighted by Gasteiger charge is -2.53. The first-order valence-electron chi connectivity index (χ1n) is 18.1. The highest BCUT2D eigenvalue weighted by Crippen LogP contribution is 2.56. The molecule has 0 saturated heterocycles. The Bertz CT molecular complexity index is 1390. The fourth-order valence-corrected chi connectivity index (χ4v) is 9.83. The third kappa shape index (κ3) is 7.16. The maximum Gasteiger partial charge on any atom is 0.307 e. The molecule has 7 atom stereocenters. The molecule has 0 unspecified atom stereocenters. The number of benzene rings is 2. The van der Waals surface area contributed by atoms with Crippen LogP contribution in [0.4, 0.5) is 0 Å². The first-order valence-corrected chi connectivity index (χ1v) is 18.1. The predicted octanol–water partition coefficient (Wildman–Crippen LogP) is 8.40. The summed E-state index contributed by atoms with van der Waals surface area (Å²) >= 11 is 0. The summed E-state index contributed by atoms with van der Waals surface area (Å²) in [7, 11) is 0. The molecule has 0 radical (unpaired) electrons. The Hall–Kier alpha value is -2.89. The topological polar surface area (TPSA) is 98.0 Å². The number of carboxylic acid groups (broad SMARTS) is 1. The standard InChI is InChI=1S/C41H54O5/c42-27-30-12-11-28(23-30)7-3-1-2-4-8-31-9-5-6-10-38(40(45)46)41-26-36(44)22-19-34(41)18-15-33-14-13-29(25-39(33)41)24-37(31)32-16-20-35(43)21-17-32/h5-6,13-14,16-17,20-21,23,25,28,31,34,36-38,42-44H,1-4,7-12,15,18-19,22,24,26-27H2,(H,45,46)/t28-,31-,34+,36+,37+,38+,41+/m1/s1. The molecule has 2 aromatic carbocycles. The van der Waals surface area contributed by atoms with Gasteiger partial charge in [0.1, 0.15) is 5.75 Å². The van der Waals surface area contributed by atoms with E-state index >= 15 is 0 Å². The molecule has 0 aliphatic heterocycles. The van der Waals surface area contributed by atoms with E-state index in [0.717, 1.165) is 51.4 Å². The molecule has 1 saturated carbocycles. The first-order chi connectivity index (χ1) is 22.4. The van der Waals surface area contributed by atoms with Crippen molar-refractivity contribution >= 4 is 5.97 Å². The van der Waals surface area contributed by atoms with Crippen LogP contribution in [-0.4, -0.2) is 39.1 Å². The number of carbonyl (C=O) groups is 1. The van der Waals surface area contributed by atoms with Crippen LogP contribution in [0, 0.1) is 23.7 Å². The summed E-state index contributed by atoms with van der Waals surface area (Å²) in [5, 5.41) is 41.2. The van der Waals surface area contributed by atoms with Crippen molar-refractivity contribution in [3.63, 3.8) is 0 Å². The molecule has 6 rings (SSSR count). The number of allylic oxidation sites excluding steroid dienone is 3. The van der Waals surface area contributed by atoms with Gasteiger partial charge in [-0.25, -0.2) is 0 Å². The molecule has 4 N–H and O–H groups in total. The summed E-state index contributed by atoms with van der Waals surface area (Å²) in [4.78, 5) is 13.0. The van der Waals surface area contributed by atoms with E-state index in [-0.39, 0.29) is 24.2 Å². The van der Waals surface area contributed by atoms with Gasteiger partial charge in [-0.3, -0.25) is 4.79 Å². The number of aromatic hydroxyl groups is 1. The number of phenolic OH excluding ortho intramolecular Hbond substituents is 1. The minimum Gasteiger partial charge on any atom is -0.508 e. The number of aliphatic carboxylic acids is 1. The van der Waals surface area contributed by atoms with Gasteiger partial charge in [0.2, 0.25) is 0 Å². The molecule has 4 aliphatic rings. The number of aliphatic hydroxyl groups is 2. The van der Waals surface area contributed by atoms with Gasteiger partial charge >= 0.3 is 5.97 Å². The van der Waals surface area contributed by atoms with E-state index in [1.54, 1.807) is 0 Å². The molecule has 1 fully saturated rings. The fraction of sp³-hybridized carbons (Fsp3) is 0.585. The molecule has 5 nitrogen and oxygen atoms in total. The van der Waals surface area contributed by atoms with E-state index in [9.17, 15) is 25.2 Å². The van der Waals surface area contributed by atoms with E-state index in [4.69, 9.17) is 0 Å². The van der Waals surface area contributed by atoms with Gasteiger partial charge < -0.3 is 20.4 Å². The van der Waals surface area contributed by atoms with Gasteiger partial charge in [-0.05, 0) is 141 Å². The summed E-state index contributed by atoms with van der Waals surface area (Å²) < 4.78 is 0. The Morgan fingerprint density at radius 1 is 0.870 bits per heavy atom. The summed E-state index contributed by atoms with van der Waals surface area (Å²) in [6.07, 6.45) is 22.0. The molecule has 46 heavy (non-hydrogen) atoms. The number of phenols is 1. The molecular weight excluding hydrogens is 572 g/mol. The average molecular weight is 627 g/mol. The van der Waals surface area contributed by atoms with Crippen LogP contribution < -0.4 is 0 Å². The number of hydrogen-bond donors (Lipinski definition) is 4. The first kappa shape index (κ1) is 33.0. The molecule has 0 aromatic heterocycles. The molecule has 0 amide bonds. The minimum atomic E-state index is -0.738. The number of unbranched alkanes of at least 4 members (excludes halogenated alkanes) is 3. The van der Waals surface area contributed by atoms with Gasteiger partial charge in [0.15, 0.2) is 0 Å². The van der Waals surface area contributed by atoms with Crippen LogP contribution >= 0.6 is 0 Å². The molecule has 2 bridgehead atoms. The number of hydrogen-bond acceptors (Lipinski definition) is 4. The second-order valence-electron chi connectivity index (χ2n) is 15.0. The van der Waals surface area contributed by atoms with Crippen LogP contribution in [0.2, 0.25) is 0 Å². The fourth-order valence-electron chi connectivity index (χ4n) is 9.83. The Kier molecular flexibility index (Phi) is 10.7. The molecule has 0 heterocycles. The summed E-state index contributed by atoms with van der Waals surface area (Å²) in [5.74, 6) is 0.598. The SMILES string of the molecule is O=C(O)[C@@H]1CC=CC[C@@H](CCCCCC[C@H]2C=C(CO)CC2)[C@@H](c2ccc(O)cc2)Cc2ccc3c(c2)[C@]12C[C@@H](O)CC[C@@H]2CC3. The van der Waals surface area contributed by atoms with Crippen LogP contribution in [-0.2, 0) is 23.1 Å². The smallest absolute Gasteiger partial charge is 0.307 e. The van der Waals surface area contributed by atoms with Gasteiger partial charge in [0.05, 0.1) is 18.6 Å². The molecule has 2 aromatic rings. The number of fused-ring (bicyclic) bond motifs is 1. The minimum absolute atomic E-state index is 0.210. The summed E-state index contributed by atoms with van der Waals surface area (Å²) in [5.41, 5.74) is 5.62. The van der Waals surface area contributed by atoms with Crippen molar-refractivity contribution in [2.45, 2.75) is 120 Å². The lowest BCUT2D eigenvalue weighted by molar-refractivity contribution is -0.147. The summed E-state index contributed by atoms with van der Waals surface area (Å²) in [6, 6.07) is 14.7. The van der Waals surface area contributed by atoms with Crippen molar-refractivity contribution in [2.75, 3.05) is 6.61 Å². The zero-order chi connectivity index (χ0) is 32.1. The van der Waals surface area contributed by atoms with Gasteiger partial charge in [-0.15, -0.1) is 0 Å². The number of rotatable bonds is 10. The molecule has 5 heteroatoms. The predicted molar refractivity (Wildman–Crippen MR) is 183 cm³/mol. The molecule has 1 spiro atoms. The maximum absolute atomic E-state index is 13.0. The Morgan fingerprint density at radius 2 is 1.65 bits per heavy atom. The van der Waals surface area contributed by atoms with Crippen molar-refractivity contribution in [1.29, 1.82) is 0 Å². The zero-order valence-corrected chi connectivity index (χ0v) is 27.5. The van der Waals surface area contributed by atoms with Crippen LogP contribution in [0.15, 0.2) is 66.3 Å². The number of aliphatic hydroxyl groups excluding tert-OH is 2. The Labute approximate surface area is 275 Å². The highest BCUT2D eigenvalue weighted by Gasteiger charge is 2.54. The van der Waals surface area contributed by atoms with E-state index in [2.05, 4.69) is 48.6 Å². The van der Waals surface area contributed by atoms with E-state index in [0.29, 0.717) is 24.7 Å². The van der Waals surface area contributed by atoms with Crippen molar-refractivity contribution in [1.82, 2.24) is 0 Å². The van der Waals surface area contributed by atoms with Gasteiger partial charge in [0, 0.05) is 5.41 Å². The Balaban J connectivity index is 1.26. The van der Waals surface area contributed by atoms with E-state index in [1.165, 1.54) is 66.4 Å². The van der Waals surface area contributed by atoms with Crippen LogP contribution in [0.5, 0.6) is 5.75 Å². The van der Waals surface area contributed by atoms with E-state index in [1.807, 2.05) is 12.1 Å². The summed E-state index contributed by atoms with van der Waals surface area (Å²) in [6.45, 7) is 0.210. The second kappa shape index (κ2) is 14.9. The van der Waals surface area contributed by atoms with Crippen molar-refractivity contribution in [3.05, 3.63) is 88.5 Å². The normalized spacial score (nSPS) is 31.0. The Morgan fingerprint density at radius 3 is 2.41 bits per heavy atom. The molecular formula is C41H54O5. The van der Waals surface area contributed by atoms with Gasteiger partial charge in [-0.2, -0.15) is 0 Å². The number of aryl methyl sites for hydroxylation is 1. The monoisotopic (exact) mass is 626 g/mol. The molecule has 4 aliphatic carbocycles. The highest BCUT2D eigenvalue weighted by atomic mass is 16.4. The number of carboxylic acids is 1. The quantitative estimate of drug-likeness (QED) is 0.157. The average Bonchev–Trinajstić information content (AvgIpc) is 3.52. The zero-order valence-electron chi connectivity index (χ0n) is 27.5. The van der Waals surface area contributed by atoms with Crippen LogP contribution in [0.1, 0.15) is 118 Å². The largest absolute Gasteiger partial charge is 0.508 e. The van der Waals surface area contributed by atoms with Crippen LogP contribution in [0.3, 0.4) is 0 Å². The maximum atomic E-state index is 13.0. The third-order valence-electron chi connectivity index (χ3n) is 12.2.